The number of rotatable bonds is 4. The molecule has 0 radical (unpaired) electrons. The quantitative estimate of drug-likeness (QED) is 0.696. The number of amides is 1. The van der Waals surface area contributed by atoms with E-state index in [1.54, 1.807) is 0 Å². The van der Waals surface area contributed by atoms with Gasteiger partial charge in [0.05, 0.1) is 11.9 Å². The van der Waals surface area contributed by atoms with E-state index in [1.807, 2.05) is 43.3 Å². The van der Waals surface area contributed by atoms with Gasteiger partial charge in [-0.3, -0.25) is 9.78 Å². The van der Waals surface area contributed by atoms with Gasteiger partial charge < -0.3 is 5.32 Å². The Morgan fingerprint density at radius 1 is 1.00 bits per heavy atom. The van der Waals surface area contributed by atoms with E-state index in [1.165, 1.54) is 19.3 Å². The van der Waals surface area contributed by atoms with Crippen LogP contribution in [0.2, 0.25) is 0 Å². The Morgan fingerprint density at radius 3 is 2.48 bits per heavy atom. The van der Waals surface area contributed by atoms with Crippen molar-refractivity contribution in [2.24, 2.45) is 0 Å². The summed E-state index contributed by atoms with van der Waals surface area (Å²) in [6, 6.07) is 18.9. The number of carbonyl (C=O) groups is 1. The molecule has 27 heavy (non-hydrogen) atoms. The van der Waals surface area contributed by atoms with Crippen molar-refractivity contribution < 1.29 is 4.79 Å². The summed E-state index contributed by atoms with van der Waals surface area (Å²) in [5.74, 6) is 0.110. The maximum absolute atomic E-state index is 12.8. The van der Waals surface area contributed by atoms with E-state index in [0.29, 0.717) is 12.5 Å². The summed E-state index contributed by atoms with van der Waals surface area (Å²) in [7, 11) is 0. The Bertz CT molecular complexity index is 943. The third kappa shape index (κ3) is 3.87. The van der Waals surface area contributed by atoms with Gasteiger partial charge >= 0.3 is 0 Å². The molecule has 0 unspecified atom stereocenters. The van der Waals surface area contributed by atoms with Gasteiger partial charge in [0.25, 0.3) is 0 Å². The molecule has 0 spiro atoms. The van der Waals surface area contributed by atoms with Crippen LogP contribution in [-0.2, 0) is 11.2 Å². The SMILES string of the molecule is Cc1nc2ccccc2c(-c2ccccc2)c1CC(=O)NC1CCCCC1. The Labute approximate surface area is 160 Å². The van der Waals surface area contributed by atoms with E-state index in [2.05, 4.69) is 23.5 Å². The summed E-state index contributed by atoms with van der Waals surface area (Å²) in [4.78, 5) is 17.6. The fourth-order valence-electron chi connectivity index (χ4n) is 4.21. The number of hydrogen-bond acceptors (Lipinski definition) is 2. The van der Waals surface area contributed by atoms with Crippen LogP contribution in [0.3, 0.4) is 0 Å². The molecule has 0 saturated heterocycles. The smallest absolute Gasteiger partial charge is 0.224 e. The van der Waals surface area contributed by atoms with Gasteiger partial charge in [-0.15, -0.1) is 0 Å². The summed E-state index contributed by atoms with van der Waals surface area (Å²) in [6.07, 6.45) is 6.31. The van der Waals surface area contributed by atoms with Gasteiger partial charge in [-0.1, -0.05) is 67.8 Å². The normalized spacial score (nSPS) is 15.0. The molecule has 0 aliphatic heterocycles. The van der Waals surface area contributed by atoms with E-state index in [-0.39, 0.29) is 5.91 Å². The molecule has 0 atom stereocenters. The van der Waals surface area contributed by atoms with Crippen molar-refractivity contribution in [2.45, 2.75) is 51.5 Å². The number of aromatic nitrogens is 1. The fourth-order valence-corrected chi connectivity index (χ4v) is 4.21. The largest absolute Gasteiger partial charge is 0.353 e. The van der Waals surface area contributed by atoms with Crippen molar-refractivity contribution in [1.29, 1.82) is 0 Å². The number of hydrogen-bond donors (Lipinski definition) is 1. The molecule has 1 amide bonds. The first kappa shape index (κ1) is 17.7. The van der Waals surface area contributed by atoms with Gasteiger partial charge in [-0.05, 0) is 42.5 Å². The third-order valence-electron chi connectivity index (χ3n) is 5.57. The highest BCUT2D eigenvalue weighted by Gasteiger charge is 2.20. The molecule has 138 valence electrons. The van der Waals surface area contributed by atoms with Crippen LogP contribution in [-0.4, -0.2) is 16.9 Å². The monoisotopic (exact) mass is 358 g/mol. The zero-order valence-corrected chi connectivity index (χ0v) is 15.9. The second-order valence-corrected chi connectivity index (χ2v) is 7.51. The topological polar surface area (TPSA) is 42.0 Å². The molecular formula is C24H26N2O. The lowest BCUT2D eigenvalue weighted by atomic mass is 9.92. The molecule has 3 heteroatoms. The molecule has 3 nitrogen and oxygen atoms in total. The Kier molecular flexibility index (Phi) is 5.19. The molecule has 1 saturated carbocycles. The van der Waals surface area contributed by atoms with Gasteiger partial charge in [0.2, 0.25) is 5.91 Å². The molecule has 1 aliphatic carbocycles. The molecule has 1 N–H and O–H groups in total. The Balaban J connectivity index is 1.73. The van der Waals surface area contributed by atoms with E-state index in [0.717, 1.165) is 46.1 Å². The third-order valence-corrected chi connectivity index (χ3v) is 5.57. The summed E-state index contributed by atoms with van der Waals surface area (Å²) >= 11 is 0. The predicted octanol–water partition coefficient (Wildman–Crippen LogP) is 5.20. The predicted molar refractivity (Wildman–Crippen MR) is 111 cm³/mol. The molecule has 4 rings (SSSR count). The minimum atomic E-state index is 0.110. The van der Waals surface area contributed by atoms with Gasteiger partial charge in [0.15, 0.2) is 0 Å². The lowest BCUT2D eigenvalue weighted by molar-refractivity contribution is -0.121. The maximum atomic E-state index is 12.8. The highest BCUT2D eigenvalue weighted by molar-refractivity contribution is 5.98. The summed E-state index contributed by atoms with van der Waals surface area (Å²) < 4.78 is 0. The van der Waals surface area contributed by atoms with Gasteiger partial charge in [0.1, 0.15) is 0 Å². The van der Waals surface area contributed by atoms with Crippen LogP contribution in [0.25, 0.3) is 22.0 Å². The summed E-state index contributed by atoms with van der Waals surface area (Å²) in [5, 5.41) is 4.36. The van der Waals surface area contributed by atoms with E-state index in [9.17, 15) is 4.79 Å². The number of benzene rings is 2. The standard InChI is InChI=1S/C24H26N2O/c1-17-21(16-23(27)26-19-12-6-3-7-13-19)24(18-10-4-2-5-11-18)20-14-8-9-15-22(20)25-17/h2,4-5,8-11,14-15,19H,3,6-7,12-13,16H2,1H3,(H,26,27). The number of carbonyl (C=O) groups excluding carboxylic acids is 1. The number of pyridine rings is 1. The zero-order valence-electron chi connectivity index (χ0n) is 15.9. The van der Waals surface area contributed by atoms with Crippen LogP contribution in [0.15, 0.2) is 54.6 Å². The van der Waals surface area contributed by atoms with Crippen LogP contribution in [0.1, 0.15) is 43.4 Å². The summed E-state index contributed by atoms with van der Waals surface area (Å²) in [5.41, 5.74) is 5.22. The van der Waals surface area contributed by atoms with Gasteiger partial charge in [-0.2, -0.15) is 0 Å². The molecule has 1 fully saturated rings. The van der Waals surface area contributed by atoms with E-state index >= 15 is 0 Å². The number of para-hydroxylation sites is 1. The highest BCUT2D eigenvalue weighted by Crippen LogP contribution is 2.33. The minimum absolute atomic E-state index is 0.110. The van der Waals surface area contributed by atoms with Crippen molar-refractivity contribution in [3.05, 3.63) is 65.9 Å². The zero-order chi connectivity index (χ0) is 18.6. The first-order valence-electron chi connectivity index (χ1n) is 9.95. The molecule has 1 aliphatic rings. The lowest BCUT2D eigenvalue weighted by Crippen LogP contribution is -2.37. The van der Waals surface area contributed by atoms with Gasteiger partial charge in [0, 0.05) is 17.1 Å². The molecule has 1 aromatic heterocycles. The molecular weight excluding hydrogens is 332 g/mol. The number of fused-ring (bicyclic) bond motifs is 1. The second kappa shape index (κ2) is 7.91. The van der Waals surface area contributed by atoms with Crippen LogP contribution < -0.4 is 5.32 Å². The second-order valence-electron chi connectivity index (χ2n) is 7.51. The van der Waals surface area contributed by atoms with Crippen LogP contribution in [0.5, 0.6) is 0 Å². The van der Waals surface area contributed by atoms with Crippen molar-refractivity contribution in [2.75, 3.05) is 0 Å². The van der Waals surface area contributed by atoms with Crippen molar-refractivity contribution in [1.82, 2.24) is 10.3 Å². The highest BCUT2D eigenvalue weighted by atomic mass is 16.1. The summed E-state index contributed by atoms with van der Waals surface area (Å²) in [6.45, 7) is 2.02. The van der Waals surface area contributed by atoms with Crippen molar-refractivity contribution in [3.8, 4) is 11.1 Å². The van der Waals surface area contributed by atoms with E-state index < -0.39 is 0 Å². The number of nitrogens with zero attached hydrogens (tertiary/aromatic N) is 1. The minimum Gasteiger partial charge on any atom is -0.353 e. The van der Waals surface area contributed by atoms with Crippen LogP contribution in [0, 0.1) is 6.92 Å². The fraction of sp³-hybridized carbons (Fsp3) is 0.333. The lowest BCUT2D eigenvalue weighted by Gasteiger charge is -2.23. The molecule has 0 bridgehead atoms. The first-order valence-corrected chi connectivity index (χ1v) is 9.95. The average Bonchev–Trinajstić information content (AvgIpc) is 2.70. The Hall–Kier alpha value is -2.68. The number of nitrogens with one attached hydrogen (secondary N) is 1. The maximum Gasteiger partial charge on any atom is 0.224 e. The van der Waals surface area contributed by atoms with Crippen LogP contribution >= 0.6 is 0 Å². The van der Waals surface area contributed by atoms with Gasteiger partial charge in [-0.25, -0.2) is 0 Å². The molecule has 1 heterocycles. The molecule has 3 aromatic rings. The van der Waals surface area contributed by atoms with Crippen molar-refractivity contribution in [3.63, 3.8) is 0 Å². The Morgan fingerprint density at radius 2 is 1.70 bits per heavy atom. The van der Waals surface area contributed by atoms with Crippen molar-refractivity contribution >= 4 is 16.8 Å². The average molecular weight is 358 g/mol. The van der Waals surface area contributed by atoms with E-state index in [4.69, 9.17) is 4.98 Å². The number of aryl methyl sites for hydroxylation is 1. The van der Waals surface area contributed by atoms with Crippen LogP contribution in [0.4, 0.5) is 0 Å². The molecule has 2 aromatic carbocycles. The first-order chi connectivity index (χ1) is 13.2.